The second-order valence-electron chi connectivity index (χ2n) is 15.1. The third-order valence-electron chi connectivity index (χ3n) is 11.4. The minimum Gasteiger partial charge on any atom is -0.455 e. The van der Waals surface area contributed by atoms with Gasteiger partial charge in [-0.2, -0.15) is 0 Å². The molecule has 5 heterocycles. The molecule has 0 amide bonds. The van der Waals surface area contributed by atoms with Crippen molar-refractivity contribution in [3.8, 4) is 11.3 Å². The van der Waals surface area contributed by atoms with Crippen LogP contribution in [-0.2, 0) is 0 Å². The van der Waals surface area contributed by atoms with Crippen LogP contribution in [0.15, 0.2) is 204 Å². The van der Waals surface area contributed by atoms with Crippen molar-refractivity contribution in [2.45, 2.75) is 6.42 Å². The molecule has 0 saturated carbocycles. The van der Waals surface area contributed by atoms with Gasteiger partial charge in [0.25, 0.3) is 0 Å². The molecule has 2 aliphatic carbocycles. The summed E-state index contributed by atoms with van der Waals surface area (Å²) in [6, 6.07) is 40.7. The van der Waals surface area contributed by atoms with E-state index in [-0.39, 0.29) is 0 Å². The molecule has 0 bridgehead atoms. The van der Waals surface area contributed by atoms with Crippen molar-refractivity contribution in [1.29, 1.82) is 0 Å². The van der Waals surface area contributed by atoms with Gasteiger partial charge in [-0.1, -0.05) is 79.4 Å². The van der Waals surface area contributed by atoms with Crippen molar-refractivity contribution >= 4 is 82.7 Å². The van der Waals surface area contributed by atoms with Gasteiger partial charge in [-0.25, -0.2) is 0 Å². The van der Waals surface area contributed by atoms with Gasteiger partial charge in [0.1, 0.15) is 11.3 Å². The van der Waals surface area contributed by atoms with Crippen LogP contribution in [0, 0.1) is 0 Å². The maximum Gasteiger partial charge on any atom is 0.143 e. The molecule has 0 atom stereocenters. The average molecular weight is 788 g/mol. The molecule has 0 radical (unpaired) electrons. The van der Waals surface area contributed by atoms with Crippen molar-refractivity contribution in [2.75, 3.05) is 11.4 Å². The number of thiophene rings is 1. The minimum atomic E-state index is 0.657. The second-order valence-corrected chi connectivity index (χ2v) is 16.2. The summed E-state index contributed by atoms with van der Waals surface area (Å²) >= 11 is 1.84. The number of pyridine rings is 2. The zero-order valence-corrected chi connectivity index (χ0v) is 33.5. The molecular formula is C55H37N3OS. The van der Waals surface area contributed by atoms with Gasteiger partial charge in [0.2, 0.25) is 0 Å². The van der Waals surface area contributed by atoms with Gasteiger partial charge in [-0.15, -0.1) is 17.1 Å². The molecular weight excluding hydrogens is 751 g/mol. The number of aromatic nitrogens is 2. The van der Waals surface area contributed by atoms with E-state index in [4.69, 9.17) is 16.0 Å². The smallest absolute Gasteiger partial charge is 0.143 e. The highest BCUT2D eigenvalue weighted by Gasteiger charge is 2.21. The van der Waals surface area contributed by atoms with Gasteiger partial charge in [0.15, 0.2) is 0 Å². The molecule has 0 unspecified atom stereocenters. The highest BCUT2D eigenvalue weighted by Crippen LogP contribution is 2.42. The Labute approximate surface area is 352 Å². The summed E-state index contributed by atoms with van der Waals surface area (Å²) in [5.74, 6) is 0.783. The topological polar surface area (TPSA) is 42.2 Å². The third-order valence-corrected chi connectivity index (χ3v) is 12.6. The zero-order valence-electron chi connectivity index (χ0n) is 32.7. The predicted octanol–water partition coefficient (Wildman–Crippen LogP) is 14.6. The first-order valence-corrected chi connectivity index (χ1v) is 21.0. The van der Waals surface area contributed by atoms with E-state index in [1.165, 1.54) is 20.2 Å². The number of rotatable bonds is 5. The number of anilines is 2. The molecule has 0 fully saturated rings. The van der Waals surface area contributed by atoms with Gasteiger partial charge >= 0.3 is 0 Å². The summed E-state index contributed by atoms with van der Waals surface area (Å²) in [6.07, 6.45) is 26.4. The van der Waals surface area contributed by atoms with Crippen LogP contribution in [0.2, 0.25) is 0 Å². The first kappa shape index (κ1) is 35.6. The van der Waals surface area contributed by atoms with E-state index in [9.17, 15) is 0 Å². The van der Waals surface area contributed by atoms with Crippen LogP contribution in [0.25, 0.3) is 71.3 Å². The van der Waals surface area contributed by atoms with Crippen LogP contribution in [0.3, 0.4) is 0 Å². The van der Waals surface area contributed by atoms with Gasteiger partial charge in [0.05, 0.1) is 11.4 Å². The zero-order chi connectivity index (χ0) is 40.0. The maximum atomic E-state index is 6.37. The van der Waals surface area contributed by atoms with Crippen LogP contribution in [0.4, 0.5) is 11.4 Å². The Morgan fingerprint density at radius 2 is 1.43 bits per heavy atom. The van der Waals surface area contributed by atoms with Crippen LogP contribution in [0.1, 0.15) is 34.6 Å². The summed E-state index contributed by atoms with van der Waals surface area (Å²) in [5.41, 5.74) is 17.7. The fourth-order valence-electron chi connectivity index (χ4n) is 8.48. The van der Waals surface area contributed by atoms with E-state index in [0.29, 0.717) is 6.54 Å². The standard InChI is InChI=1S/C55H37N3OS/c1-36-31-39(42-15-3-2-4-16-43(42)50-19-8-10-29-57-50)14-12-30-58(41-24-27-55-48(35-41)44-17-5-6-21-54(44)60-55)51-25-22-38(32-45(36)51)37-13-11-20-52-46(33-37)47-34-40(23-26-53(47)59-52)49-18-7-9-28-56-49/h3-10,12-29,31-35H,1-2,30H2/b14-12-,39-31+. The number of furan rings is 1. The molecule has 0 spiro atoms. The van der Waals surface area contributed by atoms with Crippen LogP contribution >= 0.6 is 11.3 Å². The number of fused-ring (bicyclic) bond motifs is 7. The lowest BCUT2D eigenvalue weighted by molar-refractivity contribution is 0.603. The lowest BCUT2D eigenvalue weighted by atomic mass is 9.92. The van der Waals surface area contributed by atoms with Crippen molar-refractivity contribution in [2.24, 2.45) is 0 Å². The molecule has 284 valence electrons. The largest absolute Gasteiger partial charge is 0.455 e. The van der Waals surface area contributed by atoms with Crippen molar-refractivity contribution in [1.82, 2.24) is 9.97 Å². The first-order chi connectivity index (χ1) is 29.6. The summed E-state index contributed by atoms with van der Waals surface area (Å²) < 4.78 is 8.95. The molecule has 4 nitrogen and oxygen atoms in total. The molecule has 0 saturated heterocycles. The molecule has 5 heteroatoms. The highest BCUT2D eigenvalue weighted by molar-refractivity contribution is 7.25. The molecule has 3 aliphatic rings. The quantitative estimate of drug-likeness (QED) is 0.163. The Morgan fingerprint density at radius 1 is 0.633 bits per heavy atom. The number of hydrogen-bond donors (Lipinski definition) is 0. The van der Waals surface area contributed by atoms with E-state index in [1.54, 1.807) is 0 Å². The Kier molecular flexibility index (Phi) is 8.89. The predicted molar refractivity (Wildman–Crippen MR) is 253 cm³/mol. The average Bonchev–Trinajstić information content (AvgIpc) is 3.64. The molecule has 60 heavy (non-hydrogen) atoms. The molecule has 1 aliphatic heterocycles. The Morgan fingerprint density at radius 3 is 2.30 bits per heavy atom. The lowest BCUT2D eigenvalue weighted by Crippen LogP contribution is -2.18. The van der Waals surface area contributed by atoms with Crippen LogP contribution in [0.5, 0.6) is 0 Å². The van der Waals surface area contributed by atoms with Crippen LogP contribution in [-0.4, -0.2) is 16.5 Å². The van der Waals surface area contributed by atoms with E-state index in [2.05, 4.69) is 143 Å². The van der Waals surface area contributed by atoms with E-state index in [0.717, 1.165) is 96.0 Å². The monoisotopic (exact) mass is 787 g/mol. The Bertz CT molecular complexity index is 3310. The third kappa shape index (κ3) is 6.43. The molecule has 4 aromatic heterocycles. The van der Waals surface area contributed by atoms with Gasteiger partial charge < -0.3 is 9.32 Å². The summed E-state index contributed by atoms with van der Waals surface area (Å²) in [6.45, 7) is 5.46. The summed E-state index contributed by atoms with van der Waals surface area (Å²) in [5, 5.41) is 3.58. The fourth-order valence-corrected chi connectivity index (χ4v) is 9.57. The van der Waals surface area contributed by atoms with Crippen molar-refractivity contribution in [3.05, 3.63) is 228 Å². The lowest BCUT2D eigenvalue weighted by Gasteiger charge is -2.27. The molecule has 0 N–H and O–H groups in total. The highest BCUT2D eigenvalue weighted by atomic mass is 32.1. The van der Waals surface area contributed by atoms with Crippen molar-refractivity contribution < 1.29 is 4.42 Å². The van der Waals surface area contributed by atoms with Gasteiger partial charge in [-0.3, -0.25) is 9.97 Å². The normalized spacial score (nSPS) is 16.5. The molecule has 8 aromatic rings. The molecule has 4 aromatic carbocycles. The Hall–Kier alpha value is -7.56. The number of benzene rings is 4. The summed E-state index contributed by atoms with van der Waals surface area (Å²) in [4.78, 5) is 11.8. The summed E-state index contributed by atoms with van der Waals surface area (Å²) in [7, 11) is 0. The Balaban J connectivity index is 1.08. The van der Waals surface area contributed by atoms with Gasteiger partial charge in [-0.05, 0) is 131 Å². The van der Waals surface area contributed by atoms with Gasteiger partial charge in [0, 0.05) is 84.2 Å². The minimum absolute atomic E-state index is 0.657. The van der Waals surface area contributed by atoms with E-state index < -0.39 is 0 Å². The number of allylic oxidation sites excluding steroid dienone is 12. The maximum absolute atomic E-state index is 6.37. The van der Waals surface area contributed by atoms with Crippen LogP contribution < -0.4 is 4.90 Å². The van der Waals surface area contributed by atoms with Crippen molar-refractivity contribution in [3.63, 3.8) is 0 Å². The SMILES string of the molecule is C=C1/C=C(C2=C(c3ccccn3)C=CCC=C2)\C=C/CN(c2ccc3sc4ccccc4c3c2)c2ccc(C3=Cc4c(oc5ccc(-c6ccccn6)cc45)C=C=C3)cc21. The fraction of sp³-hybridized carbons (Fsp3) is 0.0364. The van der Waals surface area contributed by atoms with E-state index in [1.807, 2.05) is 72.3 Å². The molecule has 11 rings (SSSR count). The number of hydrogen-bond acceptors (Lipinski definition) is 5. The second kappa shape index (κ2) is 15.0. The van der Waals surface area contributed by atoms with E-state index >= 15 is 0 Å². The number of nitrogens with zero attached hydrogens (tertiary/aromatic N) is 3. The first-order valence-electron chi connectivity index (χ1n) is 20.2.